The number of hydrogen-bond donors (Lipinski definition) is 1. The highest BCUT2D eigenvalue weighted by atomic mass is 32.2. The van der Waals surface area contributed by atoms with Crippen molar-refractivity contribution in [3.63, 3.8) is 0 Å². The number of rotatable bonds is 3. The van der Waals surface area contributed by atoms with Crippen LogP contribution in [-0.4, -0.2) is 11.8 Å². The second-order valence-corrected chi connectivity index (χ2v) is 6.14. The third-order valence-electron chi connectivity index (χ3n) is 3.66. The molecule has 1 aliphatic rings. The zero-order valence-corrected chi connectivity index (χ0v) is 11.0. The minimum Gasteiger partial charge on any atom is -0.330 e. The van der Waals surface area contributed by atoms with E-state index in [9.17, 15) is 0 Å². The fourth-order valence-electron chi connectivity index (χ4n) is 2.39. The van der Waals surface area contributed by atoms with Crippen LogP contribution in [0.15, 0.2) is 23.1 Å². The molecule has 16 heavy (non-hydrogen) atoms. The van der Waals surface area contributed by atoms with Gasteiger partial charge in [0.2, 0.25) is 0 Å². The molecule has 0 bridgehead atoms. The lowest BCUT2D eigenvalue weighted by Crippen LogP contribution is -2.20. The van der Waals surface area contributed by atoms with Crippen molar-refractivity contribution in [2.24, 2.45) is 11.7 Å². The van der Waals surface area contributed by atoms with Crippen molar-refractivity contribution in [3.8, 4) is 0 Å². The van der Waals surface area contributed by atoms with Gasteiger partial charge in [-0.15, -0.1) is 11.8 Å². The predicted octanol–water partition coefficient (Wildman–Crippen LogP) is 3.52. The second kappa shape index (κ2) is 5.24. The van der Waals surface area contributed by atoms with Crippen LogP contribution in [0.1, 0.15) is 30.4 Å². The molecule has 2 rings (SSSR count). The molecular formula is C14H21NS. The van der Waals surface area contributed by atoms with E-state index in [1.165, 1.54) is 35.3 Å². The van der Waals surface area contributed by atoms with Gasteiger partial charge in [-0.05, 0) is 62.4 Å². The van der Waals surface area contributed by atoms with Gasteiger partial charge >= 0.3 is 0 Å². The molecule has 0 amide bonds. The van der Waals surface area contributed by atoms with E-state index in [1.807, 2.05) is 11.8 Å². The number of benzene rings is 1. The van der Waals surface area contributed by atoms with Crippen LogP contribution < -0.4 is 5.73 Å². The summed E-state index contributed by atoms with van der Waals surface area (Å²) in [5.41, 5.74) is 8.59. The highest BCUT2D eigenvalue weighted by molar-refractivity contribution is 8.00. The third-order valence-corrected chi connectivity index (χ3v) is 5.11. The summed E-state index contributed by atoms with van der Waals surface area (Å²) in [7, 11) is 0. The Morgan fingerprint density at radius 3 is 2.75 bits per heavy atom. The molecule has 2 unspecified atom stereocenters. The fraction of sp³-hybridized carbons (Fsp3) is 0.571. The largest absolute Gasteiger partial charge is 0.330 e. The minimum absolute atomic E-state index is 0.728. The normalized spacial score (nSPS) is 24.9. The van der Waals surface area contributed by atoms with Gasteiger partial charge in [-0.1, -0.05) is 12.5 Å². The fourth-order valence-corrected chi connectivity index (χ4v) is 3.85. The highest BCUT2D eigenvalue weighted by Gasteiger charge is 2.26. The van der Waals surface area contributed by atoms with Gasteiger partial charge in [-0.3, -0.25) is 0 Å². The Hall–Kier alpha value is -0.470. The van der Waals surface area contributed by atoms with Crippen LogP contribution in [0.5, 0.6) is 0 Å². The molecule has 0 saturated heterocycles. The molecule has 1 fully saturated rings. The average molecular weight is 235 g/mol. The molecule has 88 valence electrons. The van der Waals surface area contributed by atoms with Crippen molar-refractivity contribution in [1.82, 2.24) is 0 Å². The van der Waals surface area contributed by atoms with Crippen LogP contribution in [0.4, 0.5) is 0 Å². The van der Waals surface area contributed by atoms with E-state index < -0.39 is 0 Å². The maximum Gasteiger partial charge on any atom is 0.0135 e. The van der Waals surface area contributed by atoms with Crippen LogP contribution in [0, 0.1) is 19.8 Å². The van der Waals surface area contributed by atoms with Gasteiger partial charge in [0.05, 0.1) is 0 Å². The Morgan fingerprint density at radius 1 is 1.25 bits per heavy atom. The van der Waals surface area contributed by atoms with Crippen molar-refractivity contribution in [1.29, 1.82) is 0 Å². The Balaban J connectivity index is 2.05. The van der Waals surface area contributed by atoms with Gasteiger partial charge in [-0.2, -0.15) is 0 Å². The Bertz CT molecular complexity index is 362. The highest BCUT2D eigenvalue weighted by Crippen LogP contribution is 2.38. The smallest absolute Gasteiger partial charge is 0.0135 e. The SMILES string of the molecule is Cc1ccc(SC2CCCC2CN)cc1C. The van der Waals surface area contributed by atoms with Gasteiger partial charge in [0, 0.05) is 10.1 Å². The zero-order chi connectivity index (χ0) is 11.5. The van der Waals surface area contributed by atoms with E-state index in [2.05, 4.69) is 32.0 Å². The Kier molecular flexibility index (Phi) is 3.93. The molecule has 0 radical (unpaired) electrons. The topological polar surface area (TPSA) is 26.0 Å². The molecule has 0 spiro atoms. The first kappa shape index (κ1) is 12.0. The van der Waals surface area contributed by atoms with Gasteiger partial charge in [0.1, 0.15) is 0 Å². The average Bonchev–Trinajstić information content (AvgIpc) is 2.71. The molecule has 1 aromatic rings. The summed E-state index contributed by atoms with van der Waals surface area (Å²) in [4.78, 5) is 1.41. The van der Waals surface area contributed by atoms with Gasteiger partial charge in [-0.25, -0.2) is 0 Å². The first-order valence-corrected chi connectivity index (χ1v) is 7.02. The van der Waals surface area contributed by atoms with Crippen molar-refractivity contribution in [2.75, 3.05) is 6.54 Å². The minimum atomic E-state index is 0.728. The third kappa shape index (κ3) is 2.61. The summed E-state index contributed by atoms with van der Waals surface area (Å²) in [5.74, 6) is 0.728. The van der Waals surface area contributed by atoms with Crippen LogP contribution >= 0.6 is 11.8 Å². The van der Waals surface area contributed by atoms with E-state index in [1.54, 1.807) is 0 Å². The van der Waals surface area contributed by atoms with E-state index in [-0.39, 0.29) is 0 Å². The lowest BCUT2D eigenvalue weighted by atomic mass is 10.1. The van der Waals surface area contributed by atoms with E-state index >= 15 is 0 Å². The molecule has 2 heteroatoms. The van der Waals surface area contributed by atoms with Crippen LogP contribution in [-0.2, 0) is 0 Å². The molecule has 1 saturated carbocycles. The Morgan fingerprint density at radius 2 is 2.06 bits per heavy atom. The number of thioether (sulfide) groups is 1. The zero-order valence-electron chi connectivity index (χ0n) is 10.2. The molecule has 2 atom stereocenters. The van der Waals surface area contributed by atoms with Crippen molar-refractivity contribution in [3.05, 3.63) is 29.3 Å². The molecule has 0 aromatic heterocycles. The van der Waals surface area contributed by atoms with Crippen molar-refractivity contribution >= 4 is 11.8 Å². The van der Waals surface area contributed by atoms with E-state index in [0.29, 0.717) is 0 Å². The number of nitrogens with two attached hydrogens (primary N) is 1. The summed E-state index contributed by atoms with van der Waals surface area (Å²) < 4.78 is 0. The summed E-state index contributed by atoms with van der Waals surface area (Å²) in [6.07, 6.45) is 4.00. The Labute approximate surface area is 103 Å². The lowest BCUT2D eigenvalue weighted by Gasteiger charge is -2.17. The maximum absolute atomic E-state index is 5.82. The molecule has 1 aliphatic carbocycles. The number of hydrogen-bond acceptors (Lipinski definition) is 2. The number of aryl methyl sites for hydroxylation is 2. The van der Waals surface area contributed by atoms with Gasteiger partial charge in [0.25, 0.3) is 0 Å². The first-order valence-electron chi connectivity index (χ1n) is 6.14. The van der Waals surface area contributed by atoms with Gasteiger partial charge in [0.15, 0.2) is 0 Å². The summed E-state index contributed by atoms with van der Waals surface area (Å²) in [6.45, 7) is 5.21. The van der Waals surface area contributed by atoms with E-state index in [4.69, 9.17) is 5.73 Å². The second-order valence-electron chi connectivity index (χ2n) is 4.83. The predicted molar refractivity (Wildman–Crippen MR) is 72.0 cm³/mol. The monoisotopic (exact) mass is 235 g/mol. The van der Waals surface area contributed by atoms with Crippen LogP contribution in [0.3, 0.4) is 0 Å². The molecule has 1 aromatic carbocycles. The summed E-state index contributed by atoms with van der Waals surface area (Å²) in [5, 5.41) is 0.743. The molecule has 1 nitrogen and oxygen atoms in total. The van der Waals surface area contributed by atoms with E-state index in [0.717, 1.165) is 17.7 Å². The van der Waals surface area contributed by atoms with Gasteiger partial charge < -0.3 is 5.73 Å². The summed E-state index contributed by atoms with van der Waals surface area (Å²) >= 11 is 2.03. The molecule has 2 N–H and O–H groups in total. The molecule has 0 aliphatic heterocycles. The molecule has 0 heterocycles. The van der Waals surface area contributed by atoms with Crippen LogP contribution in [0.2, 0.25) is 0 Å². The summed E-state index contributed by atoms with van der Waals surface area (Å²) in [6, 6.07) is 6.79. The van der Waals surface area contributed by atoms with Crippen LogP contribution in [0.25, 0.3) is 0 Å². The van der Waals surface area contributed by atoms with Crippen molar-refractivity contribution < 1.29 is 0 Å². The maximum atomic E-state index is 5.82. The lowest BCUT2D eigenvalue weighted by molar-refractivity contribution is 0.573. The quantitative estimate of drug-likeness (QED) is 0.867. The standard InChI is InChI=1S/C14H21NS/c1-10-6-7-13(8-11(10)2)16-14-5-3-4-12(14)9-15/h6-8,12,14H,3-5,9,15H2,1-2H3. The van der Waals surface area contributed by atoms with Crippen molar-refractivity contribution in [2.45, 2.75) is 43.3 Å². The molecular weight excluding hydrogens is 214 g/mol. The first-order chi connectivity index (χ1) is 7.70.